The maximum Gasteiger partial charge on any atom is 0.121 e. The summed E-state index contributed by atoms with van der Waals surface area (Å²) in [5, 5.41) is 10.5. The summed E-state index contributed by atoms with van der Waals surface area (Å²) >= 11 is 0. The van der Waals surface area contributed by atoms with Crippen molar-refractivity contribution < 1.29 is 9.84 Å². The number of imidazole rings is 1. The van der Waals surface area contributed by atoms with E-state index in [2.05, 4.69) is 18.8 Å². The van der Waals surface area contributed by atoms with E-state index in [0.29, 0.717) is 5.92 Å². The van der Waals surface area contributed by atoms with Gasteiger partial charge in [-0.2, -0.15) is 0 Å². The predicted octanol–water partition coefficient (Wildman–Crippen LogP) is 2.63. The summed E-state index contributed by atoms with van der Waals surface area (Å²) in [6.45, 7) is 4.17. The average Bonchev–Trinajstić information content (AvgIpc) is 2.80. The number of aliphatic hydroxyl groups excluding tert-OH is 1. The minimum Gasteiger partial charge on any atom is -0.497 e. The minimum atomic E-state index is -0.694. The molecule has 4 heteroatoms. The van der Waals surface area contributed by atoms with E-state index in [1.807, 2.05) is 35.9 Å². The third-order valence-electron chi connectivity index (χ3n) is 3.27. The highest BCUT2D eigenvalue weighted by molar-refractivity contribution is 5.33. The topological polar surface area (TPSA) is 47.3 Å². The molecule has 1 aromatic heterocycles. The van der Waals surface area contributed by atoms with Crippen LogP contribution in [-0.2, 0) is 7.05 Å². The molecule has 0 bridgehead atoms. The molecular weight excluding hydrogens is 240 g/mol. The van der Waals surface area contributed by atoms with Gasteiger partial charge in [0.1, 0.15) is 17.7 Å². The van der Waals surface area contributed by atoms with Crippen molar-refractivity contribution in [3.05, 3.63) is 47.5 Å². The Morgan fingerprint density at radius 1 is 1.32 bits per heavy atom. The maximum absolute atomic E-state index is 10.5. The van der Waals surface area contributed by atoms with Crippen LogP contribution in [-0.4, -0.2) is 21.8 Å². The summed E-state index contributed by atoms with van der Waals surface area (Å²) in [5.74, 6) is 2.04. The second-order valence-electron chi connectivity index (χ2n) is 4.93. The molecule has 0 aliphatic carbocycles. The molecule has 1 heterocycles. The molecule has 0 saturated heterocycles. The van der Waals surface area contributed by atoms with Crippen LogP contribution in [0.25, 0.3) is 0 Å². The highest BCUT2D eigenvalue weighted by Gasteiger charge is 2.18. The van der Waals surface area contributed by atoms with Gasteiger partial charge in [-0.25, -0.2) is 4.98 Å². The zero-order valence-corrected chi connectivity index (χ0v) is 11.8. The van der Waals surface area contributed by atoms with Gasteiger partial charge in [0.15, 0.2) is 0 Å². The Labute approximate surface area is 113 Å². The van der Waals surface area contributed by atoms with Crippen LogP contribution in [0.1, 0.15) is 43.0 Å². The van der Waals surface area contributed by atoms with Crippen molar-refractivity contribution >= 4 is 0 Å². The third kappa shape index (κ3) is 2.63. The number of methoxy groups -OCH3 is 1. The molecule has 0 saturated carbocycles. The standard InChI is InChI=1S/C15H20N2O2/c1-10(2)15-16-9-13(17(15)3)14(18)11-6-5-7-12(8-11)19-4/h5-10,14,18H,1-4H3/t14-/m0/s1. The van der Waals surface area contributed by atoms with E-state index in [9.17, 15) is 5.11 Å². The van der Waals surface area contributed by atoms with Crippen molar-refractivity contribution in [2.24, 2.45) is 7.05 Å². The van der Waals surface area contributed by atoms with Gasteiger partial charge in [-0.3, -0.25) is 0 Å². The van der Waals surface area contributed by atoms with Gasteiger partial charge < -0.3 is 14.4 Å². The van der Waals surface area contributed by atoms with Gasteiger partial charge in [-0.1, -0.05) is 26.0 Å². The number of aromatic nitrogens is 2. The van der Waals surface area contributed by atoms with Crippen LogP contribution in [0.2, 0.25) is 0 Å². The van der Waals surface area contributed by atoms with Crippen LogP contribution in [0, 0.1) is 0 Å². The van der Waals surface area contributed by atoms with Gasteiger partial charge in [-0.05, 0) is 17.7 Å². The summed E-state index contributed by atoms with van der Waals surface area (Å²) in [6, 6.07) is 7.46. The monoisotopic (exact) mass is 260 g/mol. The second-order valence-corrected chi connectivity index (χ2v) is 4.93. The van der Waals surface area contributed by atoms with Gasteiger partial charge in [0, 0.05) is 13.0 Å². The number of hydrogen-bond donors (Lipinski definition) is 1. The molecule has 1 aromatic carbocycles. The Bertz CT molecular complexity index is 561. The SMILES string of the molecule is COc1cccc([C@H](O)c2cnc(C(C)C)n2C)c1. The molecule has 0 unspecified atom stereocenters. The van der Waals surface area contributed by atoms with Crippen molar-refractivity contribution in [3.8, 4) is 5.75 Å². The van der Waals surface area contributed by atoms with E-state index >= 15 is 0 Å². The van der Waals surface area contributed by atoms with E-state index in [-0.39, 0.29) is 0 Å². The fraction of sp³-hybridized carbons (Fsp3) is 0.400. The smallest absolute Gasteiger partial charge is 0.121 e. The van der Waals surface area contributed by atoms with Crippen LogP contribution in [0.3, 0.4) is 0 Å². The summed E-state index contributed by atoms with van der Waals surface area (Å²) in [7, 11) is 3.55. The van der Waals surface area contributed by atoms with Crippen LogP contribution in [0.5, 0.6) is 5.75 Å². The van der Waals surface area contributed by atoms with Gasteiger partial charge in [0.25, 0.3) is 0 Å². The summed E-state index contributed by atoms with van der Waals surface area (Å²) in [6.07, 6.45) is 1.04. The quantitative estimate of drug-likeness (QED) is 0.919. The molecule has 4 nitrogen and oxygen atoms in total. The van der Waals surface area contributed by atoms with Gasteiger partial charge in [0.05, 0.1) is 19.0 Å². The molecule has 0 amide bonds. The molecule has 2 rings (SSSR count). The number of rotatable bonds is 4. The lowest BCUT2D eigenvalue weighted by Gasteiger charge is -2.14. The molecule has 1 N–H and O–H groups in total. The van der Waals surface area contributed by atoms with Crippen molar-refractivity contribution in [1.82, 2.24) is 9.55 Å². The Hall–Kier alpha value is -1.81. The summed E-state index contributed by atoms with van der Waals surface area (Å²) < 4.78 is 7.13. The maximum atomic E-state index is 10.5. The van der Waals surface area contributed by atoms with E-state index in [1.165, 1.54) is 0 Å². The second kappa shape index (κ2) is 5.45. The normalized spacial score (nSPS) is 12.7. The van der Waals surface area contributed by atoms with E-state index < -0.39 is 6.10 Å². The molecule has 0 aliphatic rings. The van der Waals surface area contributed by atoms with Gasteiger partial charge in [-0.15, -0.1) is 0 Å². The predicted molar refractivity (Wildman–Crippen MR) is 74.4 cm³/mol. The lowest BCUT2D eigenvalue weighted by atomic mass is 10.1. The largest absolute Gasteiger partial charge is 0.497 e. The first-order chi connectivity index (χ1) is 9.04. The van der Waals surface area contributed by atoms with Gasteiger partial charge in [0.2, 0.25) is 0 Å². The Morgan fingerprint density at radius 3 is 2.63 bits per heavy atom. The molecule has 0 spiro atoms. The van der Waals surface area contributed by atoms with Gasteiger partial charge >= 0.3 is 0 Å². The first-order valence-electron chi connectivity index (χ1n) is 6.38. The molecule has 19 heavy (non-hydrogen) atoms. The van der Waals surface area contributed by atoms with Crippen LogP contribution < -0.4 is 4.74 Å². The molecule has 0 fully saturated rings. The van der Waals surface area contributed by atoms with Crippen molar-refractivity contribution in [2.45, 2.75) is 25.9 Å². The lowest BCUT2D eigenvalue weighted by Crippen LogP contribution is -2.08. The van der Waals surface area contributed by atoms with Crippen molar-refractivity contribution in [2.75, 3.05) is 7.11 Å². The van der Waals surface area contributed by atoms with Crippen molar-refractivity contribution in [3.63, 3.8) is 0 Å². The fourth-order valence-electron chi connectivity index (χ4n) is 2.21. The first kappa shape index (κ1) is 13.6. The van der Waals surface area contributed by atoms with Crippen LogP contribution in [0.15, 0.2) is 30.5 Å². The number of ether oxygens (including phenoxy) is 1. The molecule has 1 atom stereocenters. The van der Waals surface area contributed by atoms with Crippen LogP contribution >= 0.6 is 0 Å². The minimum absolute atomic E-state index is 0.330. The van der Waals surface area contributed by atoms with E-state index in [0.717, 1.165) is 22.8 Å². The first-order valence-corrected chi connectivity index (χ1v) is 6.38. The number of hydrogen-bond acceptors (Lipinski definition) is 3. The molecule has 0 aliphatic heterocycles. The Balaban J connectivity index is 2.35. The molecule has 0 radical (unpaired) electrons. The number of aliphatic hydroxyl groups is 1. The highest BCUT2D eigenvalue weighted by atomic mass is 16.5. The van der Waals surface area contributed by atoms with Crippen LogP contribution in [0.4, 0.5) is 0 Å². The Kier molecular flexibility index (Phi) is 3.90. The average molecular weight is 260 g/mol. The molecular formula is C15H20N2O2. The third-order valence-corrected chi connectivity index (χ3v) is 3.27. The molecule has 102 valence electrons. The fourth-order valence-corrected chi connectivity index (χ4v) is 2.21. The van der Waals surface area contributed by atoms with E-state index in [1.54, 1.807) is 13.3 Å². The molecule has 2 aromatic rings. The summed E-state index contributed by atoms with van der Waals surface area (Å²) in [4.78, 5) is 4.38. The number of nitrogens with zero attached hydrogens (tertiary/aromatic N) is 2. The zero-order valence-electron chi connectivity index (χ0n) is 11.8. The highest BCUT2D eigenvalue weighted by Crippen LogP contribution is 2.26. The lowest BCUT2D eigenvalue weighted by molar-refractivity contribution is 0.210. The summed E-state index contributed by atoms with van der Waals surface area (Å²) in [5.41, 5.74) is 1.59. The van der Waals surface area contributed by atoms with E-state index in [4.69, 9.17) is 4.74 Å². The van der Waals surface area contributed by atoms with Crippen molar-refractivity contribution in [1.29, 1.82) is 0 Å². The number of benzene rings is 1. The zero-order chi connectivity index (χ0) is 14.0. The Morgan fingerprint density at radius 2 is 2.05 bits per heavy atom.